The number of rotatable bonds is 10. The molecule has 1 unspecified atom stereocenters. The molecule has 0 fully saturated rings. The van der Waals surface area contributed by atoms with Crippen LogP contribution in [0.2, 0.25) is 0 Å². The Morgan fingerprint density at radius 1 is 1.26 bits per heavy atom. The predicted molar refractivity (Wildman–Crippen MR) is 116 cm³/mol. The van der Waals surface area contributed by atoms with Gasteiger partial charge in [-0.3, -0.25) is 9.59 Å². The van der Waals surface area contributed by atoms with Gasteiger partial charge in [0.1, 0.15) is 12.4 Å². The Bertz CT molecular complexity index is 1180. The number of H-pyrrole nitrogens is 1. The number of nitrogens with two attached hydrogens (primary N) is 1. The van der Waals surface area contributed by atoms with Gasteiger partial charge in [0.05, 0.1) is 18.7 Å². The molecule has 0 bridgehead atoms. The number of nitrogens with zero attached hydrogens (tertiary/aromatic N) is 4. The van der Waals surface area contributed by atoms with Crippen LogP contribution in [0.5, 0.6) is 0 Å². The second-order valence-electron chi connectivity index (χ2n) is 7.24. The molecule has 0 aliphatic rings. The van der Waals surface area contributed by atoms with Crippen LogP contribution in [0.1, 0.15) is 34.7 Å². The average molecular weight is 476 g/mol. The quantitative estimate of drug-likeness (QED) is 0.160. The van der Waals surface area contributed by atoms with E-state index in [1.54, 1.807) is 37.4 Å². The number of carboxylic acids is 1. The molecule has 172 valence electrons. The van der Waals surface area contributed by atoms with Crippen LogP contribution in [0.15, 0.2) is 30.5 Å². The molecule has 3 aromatic rings. The summed E-state index contributed by atoms with van der Waals surface area (Å²) in [5.74, 6) is -0.728. The third-order valence-electron chi connectivity index (χ3n) is 4.73. The number of nitrogens with one attached hydrogen (secondary N) is 2. The molecule has 5 N–H and O–H groups in total. The Hall–Kier alpha value is -3.35. The van der Waals surface area contributed by atoms with Crippen molar-refractivity contribution in [3.8, 4) is 0 Å². The van der Waals surface area contributed by atoms with Crippen LogP contribution in [0.3, 0.4) is 0 Å². The molecule has 3 rings (SSSR count). The van der Waals surface area contributed by atoms with E-state index in [2.05, 4.69) is 30.0 Å². The number of aromatic nitrogens is 4. The molecule has 0 saturated carbocycles. The van der Waals surface area contributed by atoms with Crippen LogP contribution in [-0.2, 0) is 20.9 Å². The zero-order valence-corrected chi connectivity index (χ0v) is 21.0. The number of benzene rings is 1. The van der Waals surface area contributed by atoms with Gasteiger partial charge in [-0.25, -0.2) is 9.97 Å². The van der Waals surface area contributed by atoms with Gasteiger partial charge in [-0.05, 0) is 29.2 Å². The van der Waals surface area contributed by atoms with Gasteiger partial charge in [-0.1, -0.05) is 6.47 Å². The molecule has 0 saturated heterocycles. The summed E-state index contributed by atoms with van der Waals surface area (Å²) in [6, 6.07) is 6.71. The van der Waals surface area contributed by atoms with E-state index in [1.807, 2.05) is 11.9 Å². The van der Waals surface area contributed by atoms with Crippen LogP contribution >= 0.6 is 0 Å². The van der Waals surface area contributed by atoms with Gasteiger partial charge < -0.3 is 30.6 Å². The summed E-state index contributed by atoms with van der Waals surface area (Å²) >= 11 is 0. The van der Waals surface area contributed by atoms with E-state index in [4.69, 9.17) is 10.8 Å². The van der Waals surface area contributed by atoms with Gasteiger partial charge >= 0.3 is 41.2 Å². The molecule has 13 heteroatoms. The first kappa shape index (κ1) is 26.9. The van der Waals surface area contributed by atoms with E-state index < -0.39 is 18.1 Å². The van der Waals surface area contributed by atoms with Gasteiger partial charge in [-0.2, -0.15) is 4.98 Å². The Morgan fingerprint density at radius 3 is 2.62 bits per heavy atom. The maximum absolute atomic E-state index is 12.4. The number of anilines is 2. The molecule has 0 aliphatic heterocycles. The van der Waals surface area contributed by atoms with Crippen molar-refractivity contribution in [2.75, 3.05) is 17.7 Å². The van der Waals surface area contributed by atoms with Crippen molar-refractivity contribution in [3.05, 3.63) is 47.5 Å². The molecule has 34 heavy (non-hydrogen) atoms. The van der Waals surface area contributed by atoms with Crippen molar-refractivity contribution >= 4 is 41.0 Å². The summed E-state index contributed by atoms with van der Waals surface area (Å²) < 4.78 is 4.62. The summed E-state index contributed by atoms with van der Waals surface area (Å²) in [5, 5.41) is 11.2. The number of nitrogen functional groups attached to an aromatic ring is 1. The Kier molecular flexibility index (Phi) is 9.66. The largest absolute Gasteiger partial charge is 1.00 e. The number of carboxylic acid groups (broad SMARTS) is 1. The fourth-order valence-corrected chi connectivity index (χ4v) is 3.11. The number of fused-ring (bicyclic) bond motifs is 1. The Morgan fingerprint density at radius 2 is 1.97 bits per heavy atom. The number of amides is 1. The second-order valence-corrected chi connectivity index (χ2v) is 7.24. The van der Waals surface area contributed by atoms with Gasteiger partial charge in [0, 0.05) is 31.6 Å². The summed E-state index contributed by atoms with van der Waals surface area (Å²) in [5.41, 5.74) is 8.86. The fraction of sp³-hybridized carbons (Fsp3) is 0.286. The van der Waals surface area contributed by atoms with Crippen LogP contribution < -0.4 is 50.5 Å². The Labute approximate surface area is 217 Å². The smallest absolute Gasteiger partial charge is 0.637 e. The zero-order chi connectivity index (χ0) is 24.0. The molecular formula is C21H23N7NaO5+. The molecular weight excluding hydrogens is 453 g/mol. The second kappa shape index (κ2) is 12.2. The summed E-state index contributed by atoms with van der Waals surface area (Å²) in [7, 11) is 1.87. The fourth-order valence-electron chi connectivity index (χ4n) is 3.11. The van der Waals surface area contributed by atoms with Crippen molar-refractivity contribution in [2.24, 2.45) is 0 Å². The van der Waals surface area contributed by atoms with Crippen molar-refractivity contribution in [2.45, 2.75) is 32.5 Å². The van der Waals surface area contributed by atoms with Gasteiger partial charge in [0.15, 0.2) is 11.3 Å². The average Bonchev–Trinajstić information content (AvgIpc) is 2.78. The molecule has 2 aromatic heterocycles. The van der Waals surface area contributed by atoms with Crippen molar-refractivity contribution in [1.82, 2.24) is 20.3 Å². The van der Waals surface area contributed by atoms with Crippen molar-refractivity contribution < 1.29 is 58.8 Å². The topological polar surface area (TPSA) is 175 Å². The molecule has 2 heterocycles. The first-order chi connectivity index (χ1) is 15.8. The minimum Gasteiger partial charge on any atom is -0.637 e. The van der Waals surface area contributed by atoms with E-state index in [-0.39, 0.29) is 42.4 Å². The van der Waals surface area contributed by atoms with Crippen molar-refractivity contribution in [1.29, 1.82) is 0 Å². The maximum atomic E-state index is 12.4. The number of carbonyl (C=O) groups is 2. The van der Waals surface area contributed by atoms with Crippen LogP contribution in [0, 0.1) is 6.92 Å². The molecule has 0 radical (unpaired) electrons. The van der Waals surface area contributed by atoms with E-state index in [9.17, 15) is 14.4 Å². The first-order valence-corrected chi connectivity index (χ1v) is 9.95. The van der Waals surface area contributed by atoms with Gasteiger partial charge in [0.25, 0.3) is 5.91 Å². The standard InChI is InChI=1S/C21H22N7O5.Na/c1-12-24-19(22)18-20(25-12)23-9-14(26-18)10-28(2)15-5-3-13(4-6-15)21(32)27-16(33-11-29)7-8-17(30)31;/h3-6,9,16H,7-8,10H2,1-2H3,(H,27,32)(H,30,31)(H2,22,23,24,25);/q-1;+1/p+1. The Balaban J connectivity index is 0.00000408. The number of hydrogen-bond acceptors (Lipinski definition) is 9. The molecule has 1 aromatic carbocycles. The monoisotopic (exact) mass is 476 g/mol. The molecule has 12 nitrogen and oxygen atoms in total. The predicted octanol–water partition coefficient (Wildman–Crippen LogP) is -2.63. The van der Waals surface area contributed by atoms with E-state index in [0.717, 1.165) is 11.4 Å². The number of hydrogen-bond donors (Lipinski definition) is 3. The summed E-state index contributed by atoms with van der Waals surface area (Å²) in [6.07, 6.45) is 0.327. The molecule has 1 atom stereocenters. The van der Waals surface area contributed by atoms with E-state index in [0.29, 0.717) is 34.9 Å². The number of ether oxygens (including phenoxy) is 1. The summed E-state index contributed by atoms with van der Waals surface area (Å²) in [4.78, 5) is 51.5. The normalized spacial score (nSPS) is 11.2. The third-order valence-corrected chi connectivity index (χ3v) is 4.73. The van der Waals surface area contributed by atoms with E-state index in [1.165, 1.54) is 6.47 Å². The van der Waals surface area contributed by atoms with Crippen LogP contribution in [0.4, 0.5) is 11.5 Å². The van der Waals surface area contributed by atoms with Crippen LogP contribution in [0.25, 0.3) is 11.2 Å². The minimum atomic E-state index is -1.08. The summed E-state index contributed by atoms with van der Waals surface area (Å²) in [6.45, 7) is 3.42. The van der Waals surface area contributed by atoms with E-state index >= 15 is 0 Å². The third kappa shape index (κ3) is 7.07. The molecule has 1 amide bonds. The molecule has 0 spiro atoms. The number of aliphatic carboxylic acids is 1. The van der Waals surface area contributed by atoms with Gasteiger partial charge in [0.2, 0.25) is 5.82 Å². The number of aromatic amines is 1. The SMILES string of the molecule is Cc1nc(N)c2nc(CN(C)c3ccc(C(=O)NC(CCC(=O)O)O[C-]=O)cc3)c[nH+]c2n1.[Na+]. The zero-order valence-electron chi connectivity index (χ0n) is 19.0. The van der Waals surface area contributed by atoms with Crippen molar-refractivity contribution in [3.63, 3.8) is 0 Å². The molecule has 0 aliphatic carbocycles. The minimum absolute atomic E-state index is 0. The number of carbonyl (C=O) groups excluding carboxylic acids is 2. The first-order valence-electron chi connectivity index (χ1n) is 9.95. The van der Waals surface area contributed by atoms with Crippen LogP contribution in [-0.4, -0.2) is 51.7 Å². The number of aryl methyl sites for hydroxylation is 1. The maximum Gasteiger partial charge on any atom is 1.00 e. The van der Waals surface area contributed by atoms with Gasteiger partial charge in [-0.15, -0.1) is 0 Å².